The molecule has 1 aromatic carbocycles. The Morgan fingerprint density at radius 3 is 2.48 bits per heavy atom. The summed E-state index contributed by atoms with van der Waals surface area (Å²) in [5.74, 6) is -0.239. The average Bonchev–Trinajstić information content (AvgIpc) is 2.46. The van der Waals surface area contributed by atoms with E-state index in [4.69, 9.17) is 5.73 Å². The minimum atomic E-state index is -0.407. The Balaban J connectivity index is 2.49. The molecule has 1 aromatic rings. The highest BCUT2D eigenvalue weighted by molar-refractivity contribution is 5.95. The third kappa shape index (κ3) is 5.83. The molecule has 0 aliphatic carbocycles. The smallest absolute Gasteiger partial charge is 0.241 e. The maximum atomic E-state index is 12.1. The number of nitrogens with zero attached hydrogens (tertiary/aromatic N) is 1. The summed E-state index contributed by atoms with van der Waals surface area (Å²) in [7, 11) is 1.75. The Labute approximate surface area is 125 Å². The van der Waals surface area contributed by atoms with Crippen LogP contribution in [-0.2, 0) is 9.59 Å². The Morgan fingerprint density at radius 1 is 1.29 bits per heavy atom. The highest BCUT2D eigenvalue weighted by atomic mass is 16.2. The standard InChI is InChI=1S/C15H24N4O2/c1-4-9-17-14(20)10-19(3)11(2)15(21)18-13-7-5-12(16)6-8-13/h5-8,11H,4,9-10,16H2,1-3H3,(H,17,20)(H,18,21). The highest BCUT2D eigenvalue weighted by Gasteiger charge is 2.19. The molecular formula is C15H24N4O2. The van der Waals surface area contributed by atoms with E-state index < -0.39 is 6.04 Å². The van der Waals surface area contributed by atoms with E-state index in [1.54, 1.807) is 43.1 Å². The zero-order valence-electron chi connectivity index (χ0n) is 12.8. The molecule has 0 radical (unpaired) electrons. The zero-order chi connectivity index (χ0) is 15.8. The lowest BCUT2D eigenvalue weighted by Crippen LogP contribution is -2.44. The van der Waals surface area contributed by atoms with Crippen LogP contribution in [0.25, 0.3) is 0 Å². The molecule has 6 nitrogen and oxygen atoms in total. The summed E-state index contributed by atoms with van der Waals surface area (Å²) in [5.41, 5.74) is 6.92. The number of likely N-dealkylation sites (N-methyl/N-ethyl adjacent to an activating group) is 1. The van der Waals surface area contributed by atoms with Gasteiger partial charge in [-0.15, -0.1) is 0 Å². The van der Waals surface area contributed by atoms with Crippen LogP contribution in [0.1, 0.15) is 20.3 Å². The molecule has 0 saturated heterocycles. The van der Waals surface area contributed by atoms with Gasteiger partial charge in [0.05, 0.1) is 12.6 Å². The summed E-state index contributed by atoms with van der Waals surface area (Å²) in [5, 5.41) is 5.59. The van der Waals surface area contributed by atoms with Gasteiger partial charge in [-0.05, 0) is 44.7 Å². The predicted molar refractivity (Wildman–Crippen MR) is 84.9 cm³/mol. The Morgan fingerprint density at radius 2 is 1.90 bits per heavy atom. The van der Waals surface area contributed by atoms with Crippen molar-refractivity contribution in [3.05, 3.63) is 24.3 Å². The average molecular weight is 292 g/mol. The zero-order valence-corrected chi connectivity index (χ0v) is 12.8. The molecule has 0 bridgehead atoms. The van der Waals surface area contributed by atoms with Crippen LogP contribution in [0.3, 0.4) is 0 Å². The van der Waals surface area contributed by atoms with Crippen molar-refractivity contribution in [2.24, 2.45) is 0 Å². The van der Waals surface area contributed by atoms with Crippen molar-refractivity contribution in [2.45, 2.75) is 26.3 Å². The van der Waals surface area contributed by atoms with Crippen molar-refractivity contribution in [1.82, 2.24) is 10.2 Å². The van der Waals surface area contributed by atoms with Crippen LogP contribution in [-0.4, -0.2) is 42.9 Å². The predicted octanol–water partition coefficient (Wildman–Crippen LogP) is 1.05. The van der Waals surface area contributed by atoms with Crippen molar-refractivity contribution >= 4 is 23.2 Å². The summed E-state index contributed by atoms with van der Waals surface area (Å²) < 4.78 is 0. The number of nitrogens with one attached hydrogen (secondary N) is 2. The van der Waals surface area contributed by atoms with E-state index in [0.29, 0.717) is 17.9 Å². The van der Waals surface area contributed by atoms with Crippen LogP contribution in [0.4, 0.5) is 11.4 Å². The topological polar surface area (TPSA) is 87.5 Å². The van der Waals surface area contributed by atoms with Gasteiger partial charge in [-0.25, -0.2) is 0 Å². The van der Waals surface area contributed by atoms with Gasteiger partial charge >= 0.3 is 0 Å². The number of amides is 2. The van der Waals surface area contributed by atoms with E-state index in [9.17, 15) is 9.59 Å². The lowest BCUT2D eigenvalue weighted by molar-refractivity contribution is -0.124. The fourth-order valence-corrected chi connectivity index (χ4v) is 1.70. The molecule has 6 heteroatoms. The monoisotopic (exact) mass is 292 g/mol. The molecule has 0 saturated carbocycles. The van der Waals surface area contributed by atoms with Gasteiger partial charge in [0.15, 0.2) is 0 Å². The number of nitrogen functional groups attached to an aromatic ring is 1. The number of benzene rings is 1. The molecule has 0 aromatic heterocycles. The minimum Gasteiger partial charge on any atom is -0.399 e. The second kappa shape index (κ2) is 8.26. The van der Waals surface area contributed by atoms with Crippen LogP contribution in [0, 0.1) is 0 Å². The Hall–Kier alpha value is -2.08. The summed E-state index contributed by atoms with van der Waals surface area (Å²) in [6, 6.07) is 6.53. The molecule has 0 aliphatic rings. The molecule has 21 heavy (non-hydrogen) atoms. The molecule has 1 rings (SSSR count). The van der Waals surface area contributed by atoms with Crippen molar-refractivity contribution in [2.75, 3.05) is 31.2 Å². The van der Waals surface area contributed by atoms with Crippen molar-refractivity contribution in [3.63, 3.8) is 0 Å². The Kier molecular flexibility index (Phi) is 6.68. The van der Waals surface area contributed by atoms with Gasteiger partial charge < -0.3 is 16.4 Å². The molecule has 0 fully saturated rings. The van der Waals surface area contributed by atoms with Crippen LogP contribution in [0.5, 0.6) is 0 Å². The fourth-order valence-electron chi connectivity index (χ4n) is 1.70. The maximum absolute atomic E-state index is 12.1. The molecule has 0 spiro atoms. The molecule has 116 valence electrons. The SMILES string of the molecule is CCCNC(=O)CN(C)C(C)C(=O)Nc1ccc(N)cc1. The van der Waals surface area contributed by atoms with E-state index in [-0.39, 0.29) is 18.4 Å². The van der Waals surface area contributed by atoms with Crippen LogP contribution >= 0.6 is 0 Å². The minimum absolute atomic E-state index is 0.0773. The number of hydrogen-bond acceptors (Lipinski definition) is 4. The lowest BCUT2D eigenvalue weighted by Gasteiger charge is -2.23. The van der Waals surface area contributed by atoms with Crippen LogP contribution in [0.15, 0.2) is 24.3 Å². The maximum Gasteiger partial charge on any atom is 0.241 e. The molecule has 4 N–H and O–H groups in total. The first-order valence-corrected chi connectivity index (χ1v) is 7.07. The number of hydrogen-bond donors (Lipinski definition) is 3. The number of anilines is 2. The van der Waals surface area contributed by atoms with Gasteiger partial charge in [0, 0.05) is 17.9 Å². The Bertz CT molecular complexity index is 473. The second-order valence-electron chi connectivity index (χ2n) is 5.05. The van der Waals surface area contributed by atoms with Gasteiger partial charge in [-0.1, -0.05) is 6.92 Å². The molecule has 1 atom stereocenters. The first kappa shape index (κ1) is 17.0. The normalized spacial score (nSPS) is 12.0. The van der Waals surface area contributed by atoms with E-state index >= 15 is 0 Å². The summed E-state index contributed by atoms with van der Waals surface area (Å²) in [6.45, 7) is 4.60. The lowest BCUT2D eigenvalue weighted by atomic mass is 10.2. The molecule has 0 aliphatic heterocycles. The van der Waals surface area contributed by atoms with Gasteiger partial charge in [-0.3, -0.25) is 14.5 Å². The van der Waals surface area contributed by atoms with Crippen molar-refractivity contribution in [3.8, 4) is 0 Å². The van der Waals surface area contributed by atoms with Gasteiger partial charge in [0.25, 0.3) is 0 Å². The first-order valence-electron chi connectivity index (χ1n) is 7.07. The fraction of sp³-hybridized carbons (Fsp3) is 0.467. The number of nitrogens with two attached hydrogens (primary N) is 1. The quantitative estimate of drug-likeness (QED) is 0.656. The van der Waals surface area contributed by atoms with E-state index in [2.05, 4.69) is 10.6 Å². The highest BCUT2D eigenvalue weighted by Crippen LogP contribution is 2.11. The summed E-state index contributed by atoms with van der Waals surface area (Å²) in [4.78, 5) is 25.5. The first-order chi connectivity index (χ1) is 9.93. The van der Waals surface area contributed by atoms with Gasteiger partial charge in [-0.2, -0.15) is 0 Å². The number of carbonyl (C=O) groups excluding carboxylic acids is 2. The number of carbonyl (C=O) groups is 2. The molecule has 1 unspecified atom stereocenters. The third-order valence-electron chi connectivity index (χ3n) is 3.18. The van der Waals surface area contributed by atoms with Crippen LogP contribution < -0.4 is 16.4 Å². The van der Waals surface area contributed by atoms with E-state index in [0.717, 1.165) is 6.42 Å². The summed E-state index contributed by atoms with van der Waals surface area (Å²) in [6.07, 6.45) is 0.892. The number of rotatable bonds is 7. The molecule has 0 heterocycles. The van der Waals surface area contributed by atoms with E-state index in [1.807, 2.05) is 6.92 Å². The second-order valence-corrected chi connectivity index (χ2v) is 5.05. The third-order valence-corrected chi connectivity index (χ3v) is 3.18. The van der Waals surface area contributed by atoms with Crippen molar-refractivity contribution in [1.29, 1.82) is 0 Å². The van der Waals surface area contributed by atoms with Crippen molar-refractivity contribution < 1.29 is 9.59 Å². The summed E-state index contributed by atoms with van der Waals surface area (Å²) >= 11 is 0. The molecular weight excluding hydrogens is 268 g/mol. The van der Waals surface area contributed by atoms with Crippen LogP contribution in [0.2, 0.25) is 0 Å². The molecule has 2 amide bonds. The van der Waals surface area contributed by atoms with Gasteiger partial charge in [0.1, 0.15) is 0 Å². The largest absolute Gasteiger partial charge is 0.399 e. The van der Waals surface area contributed by atoms with Gasteiger partial charge in [0.2, 0.25) is 11.8 Å². The van der Waals surface area contributed by atoms with E-state index in [1.165, 1.54) is 0 Å².